The Morgan fingerprint density at radius 1 is 1.40 bits per heavy atom. The number of nitrogens with zero attached hydrogens (tertiary/aromatic N) is 3. The van der Waals surface area contributed by atoms with Crippen LogP contribution in [0.15, 0.2) is 29.4 Å². The van der Waals surface area contributed by atoms with Gasteiger partial charge in [0.05, 0.1) is 12.6 Å². The quantitative estimate of drug-likeness (QED) is 0.449. The van der Waals surface area contributed by atoms with Crippen molar-refractivity contribution in [1.29, 1.82) is 0 Å². The minimum absolute atomic E-state index is 0.0156. The molecule has 80 valence electrons. The van der Waals surface area contributed by atoms with Gasteiger partial charge in [0.2, 0.25) is 0 Å². The Kier molecular flexibility index (Phi) is 4.05. The van der Waals surface area contributed by atoms with Crippen LogP contribution < -0.4 is 0 Å². The van der Waals surface area contributed by atoms with Crippen molar-refractivity contribution in [2.24, 2.45) is 5.11 Å². The molecule has 2 atom stereocenters. The molecule has 0 bridgehead atoms. The lowest BCUT2D eigenvalue weighted by Crippen LogP contribution is -2.21. The van der Waals surface area contributed by atoms with Crippen molar-refractivity contribution in [3.8, 4) is 0 Å². The Bertz CT molecular complexity index is 379. The van der Waals surface area contributed by atoms with Gasteiger partial charge >= 0.3 is 0 Å². The normalized spacial score (nSPS) is 14.1. The third kappa shape index (κ3) is 2.92. The first-order valence-electron chi connectivity index (χ1n) is 4.28. The summed E-state index contributed by atoms with van der Waals surface area (Å²) in [5.41, 5.74) is 8.00. The van der Waals surface area contributed by atoms with E-state index in [9.17, 15) is 14.6 Å². The molecular weight excluding hydrogens is 201 g/mol. The first-order chi connectivity index (χ1) is 7.16. The first-order valence-corrected chi connectivity index (χ1v) is 4.28. The van der Waals surface area contributed by atoms with E-state index in [0.717, 1.165) is 0 Å². The second-order valence-corrected chi connectivity index (χ2v) is 2.95. The summed E-state index contributed by atoms with van der Waals surface area (Å²) < 4.78 is 13.1. The summed E-state index contributed by atoms with van der Waals surface area (Å²) in [4.78, 5) is 2.43. The van der Waals surface area contributed by atoms with Gasteiger partial charge in [-0.05, 0) is 11.6 Å². The Labute approximate surface area is 85.4 Å². The van der Waals surface area contributed by atoms with Gasteiger partial charge in [-0.1, -0.05) is 23.3 Å². The number of hydrogen-bond donors (Lipinski definition) is 2. The Morgan fingerprint density at radius 2 is 2.07 bits per heavy atom. The van der Waals surface area contributed by atoms with Gasteiger partial charge in [0, 0.05) is 10.5 Å². The minimum Gasteiger partial charge on any atom is -0.390 e. The van der Waals surface area contributed by atoms with Crippen molar-refractivity contribution in [2.75, 3.05) is 6.54 Å². The standard InChI is InChI=1S/C9H10FN3O2/c10-7-4-2-1-3-6(7)9(15)8(14)5-12-13-11/h1-4,8-9,14-15H,5H2. The molecule has 1 aromatic carbocycles. The van der Waals surface area contributed by atoms with E-state index in [1.165, 1.54) is 18.2 Å². The highest BCUT2D eigenvalue weighted by atomic mass is 19.1. The highest BCUT2D eigenvalue weighted by Gasteiger charge is 2.20. The van der Waals surface area contributed by atoms with E-state index in [-0.39, 0.29) is 12.1 Å². The Hall–Kier alpha value is -1.62. The maximum Gasteiger partial charge on any atom is 0.129 e. The molecule has 0 heterocycles. The fourth-order valence-electron chi connectivity index (χ4n) is 1.14. The first kappa shape index (κ1) is 11.5. The summed E-state index contributed by atoms with van der Waals surface area (Å²) in [6.45, 7) is -0.300. The maximum atomic E-state index is 13.1. The van der Waals surface area contributed by atoms with Crippen molar-refractivity contribution >= 4 is 0 Å². The topological polar surface area (TPSA) is 89.2 Å². The molecule has 0 aliphatic rings. The molecule has 0 radical (unpaired) electrons. The van der Waals surface area contributed by atoms with Gasteiger partial charge in [0.1, 0.15) is 11.9 Å². The number of aliphatic hydroxyl groups excluding tert-OH is 2. The van der Waals surface area contributed by atoms with E-state index in [1.54, 1.807) is 6.07 Å². The maximum absolute atomic E-state index is 13.1. The molecule has 0 saturated heterocycles. The van der Waals surface area contributed by atoms with Crippen LogP contribution in [0.5, 0.6) is 0 Å². The van der Waals surface area contributed by atoms with Gasteiger partial charge in [-0.15, -0.1) is 0 Å². The van der Waals surface area contributed by atoms with E-state index in [2.05, 4.69) is 10.0 Å². The number of rotatable bonds is 4. The van der Waals surface area contributed by atoms with Crippen LogP contribution in [0.25, 0.3) is 10.4 Å². The third-order valence-electron chi connectivity index (χ3n) is 1.92. The van der Waals surface area contributed by atoms with Crippen LogP contribution in [0.1, 0.15) is 11.7 Å². The van der Waals surface area contributed by atoms with Crippen LogP contribution in [0.2, 0.25) is 0 Å². The molecule has 1 rings (SSSR count). The molecular formula is C9H10FN3O2. The number of halogens is 1. The van der Waals surface area contributed by atoms with Gasteiger partial charge in [-0.3, -0.25) is 0 Å². The van der Waals surface area contributed by atoms with Crippen LogP contribution in [-0.2, 0) is 0 Å². The average Bonchev–Trinajstić information content (AvgIpc) is 2.25. The summed E-state index contributed by atoms with van der Waals surface area (Å²) in [7, 11) is 0. The summed E-state index contributed by atoms with van der Waals surface area (Å²) in [6.07, 6.45) is -2.70. The van der Waals surface area contributed by atoms with E-state index < -0.39 is 18.0 Å². The molecule has 0 aliphatic heterocycles. The molecule has 1 aromatic rings. The predicted octanol–water partition coefficient (Wildman–Crippen LogP) is 1.53. The van der Waals surface area contributed by atoms with E-state index >= 15 is 0 Å². The van der Waals surface area contributed by atoms with E-state index in [1.807, 2.05) is 0 Å². The monoisotopic (exact) mass is 211 g/mol. The SMILES string of the molecule is [N-]=[N+]=NCC(O)C(O)c1ccccc1F. The molecule has 0 aromatic heterocycles. The molecule has 0 amide bonds. The third-order valence-corrected chi connectivity index (χ3v) is 1.92. The van der Waals surface area contributed by atoms with Gasteiger partial charge < -0.3 is 10.2 Å². The molecule has 6 heteroatoms. The zero-order chi connectivity index (χ0) is 11.3. The van der Waals surface area contributed by atoms with Gasteiger partial charge in [0.15, 0.2) is 0 Å². The summed E-state index contributed by atoms with van der Waals surface area (Å²) in [5, 5.41) is 22.0. The molecule has 2 N–H and O–H groups in total. The average molecular weight is 211 g/mol. The lowest BCUT2D eigenvalue weighted by atomic mass is 10.0. The number of aliphatic hydroxyl groups is 2. The van der Waals surface area contributed by atoms with Crippen molar-refractivity contribution < 1.29 is 14.6 Å². The van der Waals surface area contributed by atoms with Crippen LogP contribution in [-0.4, -0.2) is 22.9 Å². The fourth-order valence-corrected chi connectivity index (χ4v) is 1.14. The largest absolute Gasteiger partial charge is 0.390 e. The fraction of sp³-hybridized carbons (Fsp3) is 0.333. The Morgan fingerprint density at radius 3 is 2.67 bits per heavy atom. The second-order valence-electron chi connectivity index (χ2n) is 2.95. The molecule has 0 aliphatic carbocycles. The second kappa shape index (κ2) is 5.31. The zero-order valence-electron chi connectivity index (χ0n) is 7.79. The van der Waals surface area contributed by atoms with Gasteiger partial charge in [-0.2, -0.15) is 0 Å². The molecule has 15 heavy (non-hydrogen) atoms. The zero-order valence-corrected chi connectivity index (χ0v) is 7.79. The number of benzene rings is 1. The summed E-state index contributed by atoms with van der Waals surface area (Å²) >= 11 is 0. The number of hydrogen-bond acceptors (Lipinski definition) is 3. The molecule has 0 fully saturated rings. The van der Waals surface area contributed by atoms with E-state index in [4.69, 9.17) is 5.53 Å². The van der Waals surface area contributed by atoms with Gasteiger partial charge in [-0.25, -0.2) is 4.39 Å². The smallest absolute Gasteiger partial charge is 0.129 e. The van der Waals surface area contributed by atoms with Gasteiger partial charge in [0.25, 0.3) is 0 Å². The van der Waals surface area contributed by atoms with Crippen LogP contribution >= 0.6 is 0 Å². The molecule has 5 nitrogen and oxygen atoms in total. The number of azide groups is 1. The lowest BCUT2D eigenvalue weighted by molar-refractivity contribution is 0.0222. The highest BCUT2D eigenvalue weighted by molar-refractivity contribution is 5.20. The van der Waals surface area contributed by atoms with Crippen molar-refractivity contribution in [1.82, 2.24) is 0 Å². The highest BCUT2D eigenvalue weighted by Crippen LogP contribution is 2.19. The van der Waals surface area contributed by atoms with Crippen LogP contribution in [0, 0.1) is 5.82 Å². The Balaban J connectivity index is 2.79. The van der Waals surface area contributed by atoms with E-state index in [0.29, 0.717) is 0 Å². The predicted molar refractivity (Wildman–Crippen MR) is 51.4 cm³/mol. The van der Waals surface area contributed by atoms with Crippen molar-refractivity contribution in [2.45, 2.75) is 12.2 Å². The van der Waals surface area contributed by atoms with Crippen LogP contribution in [0.3, 0.4) is 0 Å². The molecule has 0 saturated carbocycles. The summed E-state index contributed by atoms with van der Waals surface area (Å²) in [5.74, 6) is -0.606. The van der Waals surface area contributed by atoms with Crippen molar-refractivity contribution in [3.63, 3.8) is 0 Å². The molecule has 0 spiro atoms. The van der Waals surface area contributed by atoms with Crippen LogP contribution in [0.4, 0.5) is 4.39 Å². The molecule has 2 unspecified atom stereocenters. The summed E-state index contributed by atoms with van der Waals surface area (Å²) in [6, 6.07) is 5.56. The van der Waals surface area contributed by atoms with Crippen molar-refractivity contribution in [3.05, 3.63) is 46.1 Å². The lowest BCUT2D eigenvalue weighted by Gasteiger charge is -2.16. The minimum atomic E-state index is -1.39.